The first kappa shape index (κ1) is 14.5. The smallest absolute Gasteiger partial charge is 0.223 e. The third-order valence-electron chi connectivity index (χ3n) is 4.27. The highest BCUT2D eigenvalue weighted by atomic mass is 16.1. The molecule has 0 aromatic rings. The molecule has 0 spiro atoms. The van der Waals surface area contributed by atoms with Crippen LogP contribution in [0.2, 0.25) is 0 Å². The van der Waals surface area contributed by atoms with Gasteiger partial charge in [-0.15, -0.1) is 0 Å². The maximum Gasteiger partial charge on any atom is 0.223 e. The van der Waals surface area contributed by atoms with Crippen LogP contribution in [0.25, 0.3) is 0 Å². The molecule has 3 heteroatoms. The normalized spacial score (nSPS) is 30.1. The Morgan fingerprint density at radius 2 is 2.06 bits per heavy atom. The van der Waals surface area contributed by atoms with Gasteiger partial charge in [0.2, 0.25) is 5.91 Å². The molecule has 3 atom stereocenters. The van der Waals surface area contributed by atoms with Gasteiger partial charge in [-0.3, -0.25) is 4.79 Å². The minimum atomic E-state index is 0.117. The van der Waals surface area contributed by atoms with E-state index in [0.717, 1.165) is 32.2 Å². The van der Waals surface area contributed by atoms with E-state index in [0.29, 0.717) is 5.92 Å². The average molecular weight is 240 g/mol. The number of hydrogen-bond donors (Lipinski definition) is 2. The first-order valence-corrected chi connectivity index (χ1v) is 6.89. The van der Waals surface area contributed by atoms with Crippen molar-refractivity contribution >= 4 is 5.91 Å². The maximum absolute atomic E-state index is 12.2. The van der Waals surface area contributed by atoms with Crippen molar-refractivity contribution in [1.29, 1.82) is 0 Å². The summed E-state index contributed by atoms with van der Waals surface area (Å²) in [6.07, 6.45) is 4.06. The number of hydrogen-bond acceptors (Lipinski definition) is 2. The molecule has 1 aliphatic rings. The Bertz CT molecular complexity index is 263. The first-order valence-electron chi connectivity index (χ1n) is 6.89. The molecule has 3 nitrogen and oxygen atoms in total. The Balaban J connectivity index is 2.46. The second-order valence-electron chi connectivity index (χ2n) is 6.39. The van der Waals surface area contributed by atoms with Crippen LogP contribution >= 0.6 is 0 Å². The minimum Gasteiger partial charge on any atom is -0.355 e. The van der Waals surface area contributed by atoms with E-state index < -0.39 is 0 Å². The lowest BCUT2D eigenvalue weighted by Crippen LogP contribution is -2.44. The summed E-state index contributed by atoms with van der Waals surface area (Å²) in [4.78, 5) is 12.2. The fourth-order valence-corrected chi connectivity index (χ4v) is 2.30. The molecule has 0 aromatic carbocycles. The highest BCUT2D eigenvalue weighted by Crippen LogP contribution is 2.29. The van der Waals surface area contributed by atoms with Crippen molar-refractivity contribution in [1.82, 2.24) is 5.32 Å². The van der Waals surface area contributed by atoms with Gasteiger partial charge in [-0.2, -0.15) is 0 Å². The summed E-state index contributed by atoms with van der Waals surface area (Å²) < 4.78 is 0. The van der Waals surface area contributed by atoms with Crippen LogP contribution in [0.5, 0.6) is 0 Å². The molecule has 0 saturated heterocycles. The van der Waals surface area contributed by atoms with Crippen LogP contribution < -0.4 is 11.1 Å². The highest BCUT2D eigenvalue weighted by Gasteiger charge is 2.31. The lowest BCUT2D eigenvalue weighted by Gasteiger charge is -2.32. The van der Waals surface area contributed by atoms with Crippen LogP contribution in [-0.4, -0.2) is 18.5 Å². The van der Waals surface area contributed by atoms with E-state index in [4.69, 9.17) is 5.73 Å². The third-order valence-corrected chi connectivity index (χ3v) is 4.27. The molecule has 3 unspecified atom stereocenters. The van der Waals surface area contributed by atoms with Gasteiger partial charge in [0.25, 0.3) is 0 Å². The average Bonchev–Trinajstić information content (AvgIpc) is 2.29. The molecular formula is C14H28N2O. The highest BCUT2D eigenvalue weighted by molar-refractivity contribution is 5.79. The molecule has 100 valence electrons. The van der Waals surface area contributed by atoms with E-state index in [9.17, 15) is 4.79 Å². The number of rotatable bonds is 4. The summed E-state index contributed by atoms with van der Waals surface area (Å²) >= 11 is 0. The standard InChI is InChI=1S/C14H28N2O/c1-5-14(3,4)9-16-13(17)12-8-11(15)7-6-10(12)2/h10-12H,5-9,15H2,1-4H3,(H,16,17). The van der Waals surface area contributed by atoms with Gasteiger partial charge in [-0.1, -0.05) is 27.7 Å². The summed E-state index contributed by atoms with van der Waals surface area (Å²) in [5.41, 5.74) is 6.14. The van der Waals surface area contributed by atoms with Crippen LogP contribution in [0.4, 0.5) is 0 Å². The summed E-state index contributed by atoms with van der Waals surface area (Å²) in [7, 11) is 0. The third kappa shape index (κ3) is 4.30. The molecule has 1 fully saturated rings. The molecule has 17 heavy (non-hydrogen) atoms. The molecule has 0 aliphatic heterocycles. The molecule has 0 aromatic heterocycles. The quantitative estimate of drug-likeness (QED) is 0.792. The minimum absolute atomic E-state index is 0.117. The van der Waals surface area contributed by atoms with Crippen molar-refractivity contribution in [2.45, 2.75) is 59.4 Å². The van der Waals surface area contributed by atoms with Gasteiger partial charge in [-0.05, 0) is 37.0 Å². The summed E-state index contributed by atoms with van der Waals surface area (Å²) in [5.74, 6) is 0.792. The number of nitrogens with one attached hydrogen (secondary N) is 1. The Morgan fingerprint density at radius 3 is 2.65 bits per heavy atom. The molecule has 1 rings (SSSR count). The van der Waals surface area contributed by atoms with Gasteiger partial charge in [0.05, 0.1) is 0 Å². The van der Waals surface area contributed by atoms with Crippen LogP contribution in [0.15, 0.2) is 0 Å². The van der Waals surface area contributed by atoms with Gasteiger partial charge in [0, 0.05) is 18.5 Å². The zero-order valence-corrected chi connectivity index (χ0v) is 11.8. The van der Waals surface area contributed by atoms with Crippen LogP contribution in [0.1, 0.15) is 53.4 Å². The molecule has 0 radical (unpaired) electrons. The van der Waals surface area contributed by atoms with E-state index in [2.05, 4.69) is 33.0 Å². The Hall–Kier alpha value is -0.570. The summed E-state index contributed by atoms with van der Waals surface area (Å²) in [6.45, 7) is 9.46. The van der Waals surface area contributed by atoms with Crippen molar-refractivity contribution in [2.24, 2.45) is 23.0 Å². The summed E-state index contributed by atoms with van der Waals surface area (Å²) in [6, 6.07) is 0.209. The van der Waals surface area contributed by atoms with E-state index in [-0.39, 0.29) is 23.3 Å². The van der Waals surface area contributed by atoms with E-state index >= 15 is 0 Å². The molecule has 1 saturated carbocycles. The Morgan fingerprint density at radius 1 is 1.41 bits per heavy atom. The maximum atomic E-state index is 12.2. The molecular weight excluding hydrogens is 212 g/mol. The van der Waals surface area contributed by atoms with Crippen molar-refractivity contribution in [3.05, 3.63) is 0 Å². The molecule has 1 aliphatic carbocycles. The van der Waals surface area contributed by atoms with Crippen LogP contribution in [-0.2, 0) is 4.79 Å². The van der Waals surface area contributed by atoms with Gasteiger partial charge in [0.1, 0.15) is 0 Å². The monoisotopic (exact) mass is 240 g/mol. The summed E-state index contributed by atoms with van der Waals surface area (Å²) in [5, 5.41) is 3.10. The van der Waals surface area contributed by atoms with E-state index in [1.54, 1.807) is 0 Å². The lowest BCUT2D eigenvalue weighted by molar-refractivity contribution is -0.128. The van der Waals surface area contributed by atoms with Gasteiger partial charge in [0.15, 0.2) is 0 Å². The first-order chi connectivity index (χ1) is 7.85. The van der Waals surface area contributed by atoms with E-state index in [1.165, 1.54) is 0 Å². The van der Waals surface area contributed by atoms with Gasteiger partial charge >= 0.3 is 0 Å². The van der Waals surface area contributed by atoms with Crippen molar-refractivity contribution in [3.8, 4) is 0 Å². The number of carbonyl (C=O) groups excluding carboxylic acids is 1. The lowest BCUT2D eigenvalue weighted by atomic mass is 9.77. The van der Waals surface area contributed by atoms with E-state index in [1.807, 2.05) is 0 Å². The molecule has 0 heterocycles. The van der Waals surface area contributed by atoms with Gasteiger partial charge < -0.3 is 11.1 Å². The van der Waals surface area contributed by atoms with Gasteiger partial charge in [-0.25, -0.2) is 0 Å². The molecule has 3 N–H and O–H groups in total. The largest absolute Gasteiger partial charge is 0.355 e. The predicted molar refractivity (Wildman–Crippen MR) is 71.6 cm³/mol. The second-order valence-corrected chi connectivity index (χ2v) is 6.39. The number of nitrogens with two attached hydrogens (primary N) is 1. The van der Waals surface area contributed by atoms with Crippen LogP contribution in [0, 0.1) is 17.3 Å². The zero-order valence-electron chi connectivity index (χ0n) is 11.8. The number of amides is 1. The SMILES string of the molecule is CCC(C)(C)CNC(=O)C1CC(N)CCC1C. The second kappa shape index (κ2) is 5.85. The van der Waals surface area contributed by atoms with Crippen molar-refractivity contribution in [3.63, 3.8) is 0 Å². The zero-order chi connectivity index (χ0) is 13.1. The van der Waals surface area contributed by atoms with Crippen molar-refractivity contribution < 1.29 is 4.79 Å². The molecule has 0 bridgehead atoms. The number of carbonyl (C=O) groups is 1. The molecule has 1 amide bonds. The fraction of sp³-hybridized carbons (Fsp3) is 0.929. The Kier molecular flexibility index (Phi) is 4.99. The Labute approximate surface area is 106 Å². The fourth-order valence-electron chi connectivity index (χ4n) is 2.30. The van der Waals surface area contributed by atoms with Crippen LogP contribution in [0.3, 0.4) is 0 Å². The predicted octanol–water partition coefficient (Wildman–Crippen LogP) is 2.30. The van der Waals surface area contributed by atoms with Crippen molar-refractivity contribution in [2.75, 3.05) is 6.54 Å². The topological polar surface area (TPSA) is 55.1 Å².